The zero-order valence-corrected chi connectivity index (χ0v) is 36.3. The molecular weight excluding hydrogens is 767 g/mol. The number of β-amino-alcohol motifs (C(OH)–C–C–N with tert-alkyl or cyclic N) is 1. The number of unbranched alkanes of at least 4 members (excludes halogenated alkanes) is 7. The van der Waals surface area contributed by atoms with E-state index in [-0.39, 0.29) is 55.5 Å². The Kier molecular flexibility index (Phi) is 19.0. The number of rotatable bonds is 23. The summed E-state index contributed by atoms with van der Waals surface area (Å²) in [5.41, 5.74) is 11.3. The van der Waals surface area contributed by atoms with E-state index < -0.39 is 23.6 Å². The minimum Gasteiger partial charge on any atom is -0.391 e. The molecule has 0 unspecified atom stereocenters. The molecule has 0 aliphatic carbocycles. The first-order valence-corrected chi connectivity index (χ1v) is 22.1. The highest BCUT2D eigenvalue weighted by Gasteiger charge is 2.44. The molecule has 13 nitrogen and oxygen atoms in total. The van der Waals surface area contributed by atoms with Crippen molar-refractivity contribution < 1.29 is 29.1 Å². The van der Waals surface area contributed by atoms with Gasteiger partial charge in [-0.1, -0.05) is 103 Å². The van der Waals surface area contributed by atoms with Crippen LogP contribution in [0.2, 0.25) is 0 Å². The number of likely N-dealkylation sites (tertiary alicyclic amines) is 1. The molecule has 5 amide bonds. The fourth-order valence-corrected chi connectivity index (χ4v) is 7.84. The number of aliphatic hydroxyl groups excluding tert-OH is 1. The number of carbonyl (C=O) groups is 5. The van der Waals surface area contributed by atoms with Crippen LogP contribution in [0.3, 0.4) is 0 Å². The summed E-state index contributed by atoms with van der Waals surface area (Å²) < 4.78 is 0. The van der Waals surface area contributed by atoms with E-state index in [1.54, 1.807) is 23.5 Å². The molecule has 1 aliphatic rings. The summed E-state index contributed by atoms with van der Waals surface area (Å²) in [5, 5.41) is 19.3. The molecule has 1 saturated heterocycles. The van der Waals surface area contributed by atoms with Gasteiger partial charge in [-0.25, -0.2) is 10.4 Å². The van der Waals surface area contributed by atoms with E-state index in [0.717, 1.165) is 72.3 Å². The molecule has 3 aromatic rings. The number of aromatic nitrogens is 1. The maximum absolute atomic E-state index is 13.9. The number of hydrazine groups is 1. The maximum atomic E-state index is 13.9. The molecule has 4 rings (SSSR count). The third-order valence-electron chi connectivity index (χ3n) is 10.6. The van der Waals surface area contributed by atoms with E-state index >= 15 is 0 Å². The van der Waals surface area contributed by atoms with E-state index in [1.807, 2.05) is 69.6 Å². The van der Waals surface area contributed by atoms with Crippen molar-refractivity contribution in [2.45, 2.75) is 143 Å². The molecule has 322 valence electrons. The molecule has 2 heterocycles. The highest BCUT2D eigenvalue weighted by atomic mass is 32.1. The Morgan fingerprint density at radius 2 is 1.44 bits per heavy atom. The Morgan fingerprint density at radius 3 is 2.07 bits per heavy atom. The van der Waals surface area contributed by atoms with Crippen LogP contribution < -0.4 is 26.8 Å². The zero-order valence-electron chi connectivity index (χ0n) is 35.5. The van der Waals surface area contributed by atoms with Crippen molar-refractivity contribution in [3.05, 3.63) is 76.4 Å². The van der Waals surface area contributed by atoms with E-state index in [9.17, 15) is 29.1 Å². The van der Waals surface area contributed by atoms with Crippen molar-refractivity contribution in [3.8, 4) is 10.4 Å². The van der Waals surface area contributed by atoms with Gasteiger partial charge in [0.15, 0.2) is 0 Å². The molecule has 1 fully saturated rings. The van der Waals surface area contributed by atoms with E-state index in [2.05, 4.69) is 38.7 Å². The van der Waals surface area contributed by atoms with Crippen molar-refractivity contribution in [2.75, 3.05) is 13.1 Å². The smallest absolute Gasteiger partial charge is 0.265 e. The predicted octanol–water partition coefficient (Wildman–Crippen LogP) is 6.09. The quantitative estimate of drug-likeness (QED) is 0.0491. The molecule has 0 spiro atoms. The third-order valence-corrected chi connectivity index (χ3v) is 11.6. The molecule has 14 heteroatoms. The van der Waals surface area contributed by atoms with Crippen molar-refractivity contribution in [3.63, 3.8) is 0 Å². The van der Waals surface area contributed by atoms with Crippen molar-refractivity contribution in [2.24, 2.45) is 5.41 Å². The van der Waals surface area contributed by atoms with Crippen LogP contribution >= 0.6 is 11.3 Å². The predicted molar refractivity (Wildman–Crippen MR) is 232 cm³/mol. The van der Waals surface area contributed by atoms with Crippen LogP contribution in [-0.2, 0) is 32.3 Å². The van der Waals surface area contributed by atoms with Gasteiger partial charge in [-0.15, -0.1) is 11.3 Å². The third kappa shape index (κ3) is 15.5. The maximum Gasteiger partial charge on any atom is 0.265 e. The molecular formula is C45H65N7O6S. The number of aryl methyl sites for hydroxylation is 1. The van der Waals surface area contributed by atoms with Gasteiger partial charge in [0.2, 0.25) is 23.6 Å². The number of benzene rings is 2. The molecule has 0 radical (unpaired) electrons. The van der Waals surface area contributed by atoms with Crippen LogP contribution in [0, 0.1) is 12.3 Å². The fraction of sp³-hybridized carbons (Fsp3) is 0.556. The van der Waals surface area contributed by atoms with Gasteiger partial charge in [-0.05, 0) is 60.4 Å². The Bertz CT molecular complexity index is 1810. The van der Waals surface area contributed by atoms with Gasteiger partial charge in [-0.3, -0.25) is 29.4 Å². The van der Waals surface area contributed by atoms with Gasteiger partial charge in [0, 0.05) is 51.0 Å². The molecule has 2 aromatic carbocycles. The minimum atomic E-state index is -0.874. The second kappa shape index (κ2) is 23.8. The number of nitrogens with zero attached hydrogens (tertiary/aromatic N) is 2. The van der Waals surface area contributed by atoms with Crippen molar-refractivity contribution >= 4 is 40.9 Å². The monoisotopic (exact) mass is 831 g/mol. The Labute approximate surface area is 353 Å². The molecule has 1 aromatic heterocycles. The number of amides is 5. The highest BCUT2D eigenvalue weighted by molar-refractivity contribution is 7.13. The molecule has 3 atom stereocenters. The van der Waals surface area contributed by atoms with Crippen LogP contribution in [0.4, 0.5) is 0 Å². The SMILES string of the molecule is CCCCCCNNC(=O)c1ccc(CNC(=O)CCCCCCCC(=O)N[C@H](C(=O)N2C[C@H](O)C[C@H]2C(=O)NCc2ccc(-c3scnc3C)cc2)C(C)(C)C)cc1. The first-order valence-electron chi connectivity index (χ1n) is 21.2. The number of nitrogens with one attached hydrogen (secondary N) is 5. The molecule has 6 N–H and O–H groups in total. The number of hydrogen-bond donors (Lipinski definition) is 6. The summed E-state index contributed by atoms with van der Waals surface area (Å²) >= 11 is 1.58. The van der Waals surface area contributed by atoms with Gasteiger partial charge in [0.05, 0.1) is 22.2 Å². The van der Waals surface area contributed by atoms with Gasteiger partial charge in [-0.2, -0.15) is 0 Å². The number of carbonyl (C=O) groups excluding carboxylic acids is 5. The van der Waals surface area contributed by atoms with Crippen LogP contribution in [0.25, 0.3) is 10.4 Å². The van der Waals surface area contributed by atoms with Crippen LogP contribution in [0.1, 0.15) is 132 Å². The molecule has 59 heavy (non-hydrogen) atoms. The second-order valence-corrected chi connectivity index (χ2v) is 17.5. The van der Waals surface area contributed by atoms with E-state index in [4.69, 9.17) is 0 Å². The average molecular weight is 832 g/mol. The molecule has 0 bridgehead atoms. The first kappa shape index (κ1) is 47.0. The number of aliphatic hydroxyl groups is 1. The average Bonchev–Trinajstić information content (AvgIpc) is 3.83. The summed E-state index contributed by atoms with van der Waals surface area (Å²) in [4.78, 5) is 72.0. The topological polar surface area (TPSA) is 182 Å². The van der Waals surface area contributed by atoms with E-state index in [1.165, 1.54) is 17.7 Å². The van der Waals surface area contributed by atoms with Crippen LogP contribution in [0.15, 0.2) is 54.0 Å². The lowest BCUT2D eigenvalue weighted by molar-refractivity contribution is -0.144. The summed E-state index contributed by atoms with van der Waals surface area (Å²) in [6, 6.07) is 13.4. The summed E-state index contributed by atoms with van der Waals surface area (Å²) in [6.45, 7) is 11.2. The molecule has 1 aliphatic heterocycles. The van der Waals surface area contributed by atoms with Gasteiger partial charge >= 0.3 is 0 Å². The normalized spacial score (nSPS) is 15.7. The van der Waals surface area contributed by atoms with Gasteiger partial charge < -0.3 is 26.0 Å². The second-order valence-electron chi connectivity index (χ2n) is 16.6. The lowest BCUT2D eigenvalue weighted by Gasteiger charge is -2.35. The van der Waals surface area contributed by atoms with Gasteiger partial charge in [0.25, 0.3) is 5.91 Å². The lowest BCUT2D eigenvalue weighted by Crippen LogP contribution is -2.57. The van der Waals surface area contributed by atoms with E-state index in [0.29, 0.717) is 24.9 Å². The van der Waals surface area contributed by atoms with Crippen LogP contribution in [0.5, 0.6) is 0 Å². The first-order chi connectivity index (χ1) is 28.3. The summed E-state index contributed by atoms with van der Waals surface area (Å²) in [6.07, 6.45) is 8.37. The summed E-state index contributed by atoms with van der Waals surface area (Å²) in [5.74, 6) is -1.19. The van der Waals surface area contributed by atoms with Crippen molar-refractivity contribution in [1.29, 1.82) is 0 Å². The summed E-state index contributed by atoms with van der Waals surface area (Å²) in [7, 11) is 0. The Balaban J connectivity index is 1.12. The lowest BCUT2D eigenvalue weighted by atomic mass is 9.85. The van der Waals surface area contributed by atoms with Crippen LogP contribution in [-0.4, -0.2) is 75.8 Å². The standard InChI is InChI=1S/C45H65N7O6S/c1-6-7-8-14-25-49-51-42(56)35-23-19-32(20-24-35)27-46-38(54)15-12-10-9-11-13-16-39(55)50-41(45(3,4)5)44(58)52-29-36(53)26-37(52)43(57)47-28-33-17-21-34(22-18-33)40-31(2)48-30-59-40/h17-24,30,36-37,41,49,53H,6-16,25-29H2,1-5H3,(H,46,54)(H,47,57)(H,50,55)(H,51,56)/t36-,37+,41-/m1/s1. The molecule has 0 saturated carbocycles. The Morgan fingerprint density at radius 1 is 0.831 bits per heavy atom. The minimum absolute atomic E-state index is 0.0188. The fourth-order valence-electron chi connectivity index (χ4n) is 7.03. The zero-order chi connectivity index (χ0) is 42.8. The highest BCUT2D eigenvalue weighted by Crippen LogP contribution is 2.28. The Hall–Kier alpha value is -4.66. The van der Waals surface area contributed by atoms with Crippen molar-refractivity contribution in [1.82, 2.24) is 36.7 Å². The number of thiazole rings is 1. The largest absolute Gasteiger partial charge is 0.391 e. The van der Waals surface area contributed by atoms with Gasteiger partial charge in [0.1, 0.15) is 12.1 Å². The number of hydrogen-bond acceptors (Lipinski definition) is 9.